The molecule has 0 atom stereocenters. The lowest BCUT2D eigenvalue weighted by molar-refractivity contribution is -0.133. The van der Waals surface area contributed by atoms with Crippen LogP contribution in [0.5, 0.6) is 0 Å². The number of benzene rings is 1. The highest BCUT2D eigenvalue weighted by Crippen LogP contribution is 2.24. The summed E-state index contributed by atoms with van der Waals surface area (Å²) in [6, 6.07) is 8.79. The molecule has 1 N–H and O–H groups in total. The number of anilines is 1. The lowest BCUT2D eigenvalue weighted by Crippen LogP contribution is -2.35. The van der Waals surface area contributed by atoms with Crippen LogP contribution in [0.25, 0.3) is 0 Å². The van der Waals surface area contributed by atoms with Crippen molar-refractivity contribution >= 4 is 52.0 Å². The Morgan fingerprint density at radius 3 is 2.65 bits per heavy atom. The van der Waals surface area contributed by atoms with E-state index in [9.17, 15) is 9.59 Å². The number of nitrogens with zero attached hydrogens (tertiary/aromatic N) is 1. The van der Waals surface area contributed by atoms with Crippen molar-refractivity contribution in [1.29, 1.82) is 0 Å². The van der Waals surface area contributed by atoms with Crippen molar-refractivity contribution in [2.24, 2.45) is 0 Å². The summed E-state index contributed by atoms with van der Waals surface area (Å²) in [6.07, 6.45) is 1.08. The van der Waals surface area contributed by atoms with E-state index < -0.39 is 0 Å². The average Bonchev–Trinajstić information content (AvgIpc) is 3.01. The van der Waals surface area contributed by atoms with Crippen LogP contribution in [0.15, 0.2) is 35.7 Å². The number of carbonyl (C=O) groups is 2. The van der Waals surface area contributed by atoms with Gasteiger partial charge in [0.25, 0.3) is 0 Å². The molecule has 0 fully saturated rings. The standard InChI is InChI=1S/C16H16Cl2N2O2S/c1-20(16(22)7-5-12-3-2-8-23-12)10-15(21)19-11-4-6-13(17)14(18)9-11/h2-4,6,8-9H,5,7,10H2,1H3,(H,19,21). The number of aryl methyl sites for hydroxylation is 1. The normalized spacial score (nSPS) is 10.4. The number of likely N-dealkylation sites (N-methyl/N-ethyl adjacent to an activating group) is 1. The Bertz CT molecular complexity index is 689. The van der Waals surface area contributed by atoms with Gasteiger partial charge < -0.3 is 10.2 Å². The van der Waals surface area contributed by atoms with Gasteiger partial charge in [0.1, 0.15) is 0 Å². The number of carbonyl (C=O) groups excluding carboxylic acids is 2. The van der Waals surface area contributed by atoms with E-state index in [0.717, 1.165) is 4.88 Å². The molecule has 0 unspecified atom stereocenters. The second-order valence-corrected chi connectivity index (χ2v) is 6.85. The minimum absolute atomic E-state index is 0.0104. The molecular formula is C16H16Cl2N2O2S. The number of amides is 2. The van der Waals surface area contributed by atoms with Gasteiger partial charge in [-0.2, -0.15) is 0 Å². The van der Waals surface area contributed by atoms with Gasteiger partial charge >= 0.3 is 0 Å². The molecule has 0 bridgehead atoms. The monoisotopic (exact) mass is 370 g/mol. The fraction of sp³-hybridized carbons (Fsp3) is 0.250. The molecule has 0 radical (unpaired) electrons. The van der Waals surface area contributed by atoms with Crippen LogP contribution in [-0.2, 0) is 16.0 Å². The van der Waals surface area contributed by atoms with Crippen LogP contribution in [0.3, 0.4) is 0 Å². The average molecular weight is 371 g/mol. The van der Waals surface area contributed by atoms with E-state index in [1.54, 1.807) is 36.6 Å². The molecule has 0 spiro atoms. The maximum atomic E-state index is 12.0. The van der Waals surface area contributed by atoms with E-state index in [-0.39, 0.29) is 18.4 Å². The maximum Gasteiger partial charge on any atom is 0.243 e. The largest absolute Gasteiger partial charge is 0.336 e. The topological polar surface area (TPSA) is 49.4 Å². The summed E-state index contributed by atoms with van der Waals surface area (Å²) in [5, 5.41) is 5.46. The van der Waals surface area contributed by atoms with Gasteiger partial charge in [0.05, 0.1) is 16.6 Å². The molecular weight excluding hydrogens is 355 g/mol. The molecule has 0 saturated heterocycles. The summed E-state index contributed by atoms with van der Waals surface area (Å²) in [7, 11) is 1.62. The van der Waals surface area contributed by atoms with Crippen molar-refractivity contribution in [2.45, 2.75) is 12.8 Å². The highest BCUT2D eigenvalue weighted by Gasteiger charge is 2.13. The third kappa shape index (κ3) is 5.53. The Labute approximate surface area is 149 Å². The van der Waals surface area contributed by atoms with Crippen LogP contribution < -0.4 is 5.32 Å². The molecule has 0 saturated carbocycles. The van der Waals surface area contributed by atoms with E-state index in [1.165, 1.54) is 4.90 Å². The van der Waals surface area contributed by atoms with Gasteiger partial charge in [-0.15, -0.1) is 11.3 Å². The lowest BCUT2D eigenvalue weighted by Gasteiger charge is -2.16. The van der Waals surface area contributed by atoms with Crippen molar-refractivity contribution < 1.29 is 9.59 Å². The van der Waals surface area contributed by atoms with Gasteiger partial charge in [-0.3, -0.25) is 9.59 Å². The van der Waals surface area contributed by atoms with Crippen molar-refractivity contribution in [3.8, 4) is 0 Å². The zero-order chi connectivity index (χ0) is 16.8. The summed E-state index contributed by atoms with van der Waals surface area (Å²) < 4.78 is 0. The number of rotatable bonds is 6. The molecule has 0 aliphatic carbocycles. The third-order valence-electron chi connectivity index (χ3n) is 3.18. The molecule has 2 rings (SSSR count). The van der Waals surface area contributed by atoms with Crippen LogP contribution >= 0.6 is 34.5 Å². The van der Waals surface area contributed by atoms with E-state index in [0.29, 0.717) is 28.6 Å². The van der Waals surface area contributed by atoms with E-state index in [1.807, 2.05) is 17.5 Å². The fourth-order valence-electron chi connectivity index (χ4n) is 1.95. The summed E-state index contributed by atoms with van der Waals surface area (Å²) in [5.41, 5.74) is 0.545. The number of hydrogen-bond acceptors (Lipinski definition) is 3. The van der Waals surface area contributed by atoms with Gasteiger partial charge in [0, 0.05) is 24.0 Å². The maximum absolute atomic E-state index is 12.0. The number of hydrogen-bond donors (Lipinski definition) is 1. The second kappa shape index (κ2) is 8.34. The zero-order valence-corrected chi connectivity index (χ0v) is 14.8. The first-order chi connectivity index (χ1) is 11.0. The zero-order valence-electron chi connectivity index (χ0n) is 12.5. The highest BCUT2D eigenvalue weighted by molar-refractivity contribution is 7.09. The predicted octanol–water partition coefficient (Wildman–Crippen LogP) is 4.08. The Kier molecular flexibility index (Phi) is 6.45. The van der Waals surface area contributed by atoms with E-state index in [2.05, 4.69) is 5.32 Å². The van der Waals surface area contributed by atoms with Crippen LogP contribution in [0, 0.1) is 0 Å². The minimum atomic E-state index is -0.282. The first-order valence-corrected chi connectivity index (χ1v) is 8.60. The van der Waals surface area contributed by atoms with Gasteiger partial charge in [0.15, 0.2) is 0 Å². The molecule has 4 nitrogen and oxygen atoms in total. The van der Waals surface area contributed by atoms with Crippen LogP contribution in [-0.4, -0.2) is 30.3 Å². The smallest absolute Gasteiger partial charge is 0.243 e. The Morgan fingerprint density at radius 1 is 1.22 bits per heavy atom. The Morgan fingerprint density at radius 2 is 2.00 bits per heavy atom. The SMILES string of the molecule is CN(CC(=O)Nc1ccc(Cl)c(Cl)c1)C(=O)CCc1cccs1. The molecule has 0 aliphatic heterocycles. The molecule has 2 amide bonds. The molecule has 1 aromatic carbocycles. The van der Waals surface area contributed by atoms with Crippen LogP contribution in [0.1, 0.15) is 11.3 Å². The number of thiophene rings is 1. The number of nitrogens with one attached hydrogen (secondary N) is 1. The van der Waals surface area contributed by atoms with Gasteiger partial charge in [0.2, 0.25) is 11.8 Å². The van der Waals surface area contributed by atoms with Crippen molar-refractivity contribution in [2.75, 3.05) is 18.9 Å². The second-order valence-electron chi connectivity index (χ2n) is 5.01. The van der Waals surface area contributed by atoms with Crippen LogP contribution in [0.4, 0.5) is 5.69 Å². The summed E-state index contributed by atoms with van der Waals surface area (Å²) in [6.45, 7) is -0.0104. The summed E-state index contributed by atoms with van der Waals surface area (Å²) >= 11 is 13.3. The molecule has 23 heavy (non-hydrogen) atoms. The van der Waals surface area contributed by atoms with Gasteiger partial charge in [-0.25, -0.2) is 0 Å². The first kappa shape index (κ1) is 17.8. The molecule has 7 heteroatoms. The van der Waals surface area contributed by atoms with Crippen molar-refractivity contribution in [3.05, 3.63) is 50.6 Å². The van der Waals surface area contributed by atoms with Gasteiger partial charge in [-0.1, -0.05) is 29.3 Å². The lowest BCUT2D eigenvalue weighted by atomic mass is 10.2. The highest BCUT2D eigenvalue weighted by atomic mass is 35.5. The quantitative estimate of drug-likeness (QED) is 0.832. The van der Waals surface area contributed by atoms with E-state index >= 15 is 0 Å². The summed E-state index contributed by atoms with van der Waals surface area (Å²) in [4.78, 5) is 26.6. The van der Waals surface area contributed by atoms with E-state index in [4.69, 9.17) is 23.2 Å². The van der Waals surface area contributed by atoms with Gasteiger partial charge in [-0.05, 0) is 36.1 Å². The Balaban J connectivity index is 1.81. The predicted molar refractivity (Wildman–Crippen MR) is 95.4 cm³/mol. The number of halogens is 2. The summed E-state index contributed by atoms with van der Waals surface area (Å²) in [5.74, 6) is -0.349. The third-order valence-corrected chi connectivity index (χ3v) is 4.85. The Hall–Kier alpha value is -1.56. The molecule has 1 aromatic heterocycles. The first-order valence-electron chi connectivity index (χ1n) is 6.97. The van der Waals surface area contributed by atoms with Crippen LogP contribution in [0.2, 0.25) is 10.0 Å². The minimum Gasteiger partial charge on any atom is -0.336 e. The molecule has 122 valence electrons. The van der Waals surface area contributed by atoms with Crippen molar-refractivity contribution in [3.63, 3.8) is 0 Å². The van der Waals surface area contributed by atoms with Crippen molar-refractivity contribution in [1.82, 2.24) is 4.90 Å². The molecule has 1 heterocycles. The molecule has 0 aliphatic rings. The molecule has 2 aromatic rings. The fourth-order valence-corrected chi connectivity index (χ4v) is 2.96.